The van der Waals surface area contributed by atoms with E-state index in [1.807, 2.05) is 48.5 Å². The van der Waals surface area contributed by atoms with Crippen LogP contribution in [0.15, 0.2) is 60.9 Å². The van der Waals surface area contributed by atoms with Crippen molar-refractivity contribution in [3.8, 4) is 22.5 Å². The SMILES string of the molecule is NCc1ccc(-c2cncc(-c3ccc(CN)cc3)n2)cc1.[H+]. The molecule has 0 amide bonds. The summed E-state index contributed by atoms with van der Waals surface area (Å²) in [5, 5.41) is 0. The van der Waals surface area contributed by atoms with Gasteiger partial charge in [0, 0.05) is 24.2 Å². The van der Waals surface area contributed by atoms with E-state index >= 15 is 0 Å². The van der Waals surface area contributed by atoms with E-state index in [2.05, 4.69) is 4.98 Å². The van der Waals surface area contributed by atoms with Crippen molar-refractivity contribution in [1.82, 2.24) is 9.97 Å². The first-order chi connectivity index (χ1) is 10.8. The predicted octanol–water partition coefficient (Wildman–Crippen LogP) is 2.84. The standard InChI is InChI=1S/C18H18N4/c19-9-13-1-5-15(6-2-13)17-11-21-12-18(22-17)16-7-3-14(10-20)4-8-16/h1-8,11-12H,9-10,19-20H2/p+1. The molecule has 0 fully saturated rings. The van der Waals surface area contributed by atoms with Gasteiger partial charge in [0.2, 0.25) is 0 Å². The van der Waals surface area contributed by atoms with Crippen molar-refractivity contribution in [2.45, 2.75) is 13.1 Å². The molecule has 3 rings (SSSR count). The molecule has 0 saturated heterocycles. The first-order valence-corrected chi connectivity index (χ1v) is 7.21. The number of nitrogens with zero attached hydrogens (tertiary/aromatic N) is 2. The summed E-state index contributed by atoms with van der Waals surface area (Å²) >= 11 is 0. The van der Waals surface area contributed by atoms with Crippen LogP contribution in [0.2, 0.25) is 0 Å². The van der Waals surface area contributed by atoms with Crippen LogP contribution in [0.3, 0.4) is 0 Å². The van der Waals surface area contributed by atoms with Crippen molar-refractivity contribution < 1.29 is 1.43 Å². The molecule has 0 spiro atoms. The minimum atomic E-state index is 0. The molecule has 4 heteroatoms. The Hall–Kier alpha value is -2.56. The third kappa shape index (κ3) is 3.03. The normalized spacial score (nSPS) is 10.6. The highest BCUT2D eigenvalue weighted by Gasteiger charge is 2.04. The summed E-state index contributed by atoms with van der Waals surface area (Å²) in [7, 11) is 0. The van der Waals surface area contributed by atoms with Crippen molar-refractivity contribution in [2.75, 3.05) is 0 Å². The van der Waals surface area contributed by atoms with Gasteiger partial charge in [0.25, 0.3) is 0 Å². The zero-order valence-corrected chi connectivity index (χ0v) is 12.2. The van der Waals surface area contributed by atoms with Gasteiger partial charge in [-0.05, 0) is 11.1 Å². The van der Waals surface area contributed by atoms with Gasteiger partial charge in [0.1, 0.15) is 0 Å². The second-order valence-electron chi connectivity index (χ2n) is 5.09. The lowest BCUT2D eigenvalue weighted by Gasteiger charge is -2.06. The lowest BCUT2D eigenvalue weighted by molar-refractivity contribution is 1.07. The van der Waals surface area contributed by atoms with Crippen LogP contribution in [0.5, 0.6) is 0 Å². The summed E-state index contributed by atoms with van der Waals surface area (Å²) in [5.41, 5.74) is 17.2. The monoisotopic (exact) mass is 291 g/mol. The third-order valence-corrected chi connectivity index (χ3v) is 3.61. The summed E-state index contributed by atoms with van der Waals surface area (Å²) in [4.78, 5) is 9.01. The highest BCUT2D eigenvalue weighted by atomic mass is 14.8. The number of nitrogens with two attached hydrogens (primary N) is 2. The fraction of sp³-hybridized carbons (Fsp3) is 0.111. The van der Waals surface area contributed by atoms with E-state index in [1.165, 1.54) is 0 Å². The summed E-state index contributed by atoms with van der Waals surface area (Å²) in [6, 6.07) is 16.1. The molecule has 4 nitrogen and oxygen atoms in total. The van der Waals surface area contributed by atoms with Crippen LogP contribution in [0.25, 0.3) is 22.5 Å². The van der Waals surface area contributed by atoms with Crippen LogP contribution < -0.4 is 11.5 Å². The average Bonchev–Trinajstić information content (AvgIpc) is 2.62. The van der Waals surface area contributed by atoms with Gasteiger partial charge in [-0.15, -0.1) is 0 Å². The van der Waals surface area contributed by atoms with Gasteiger partial charge in [-0.2, -0.15) is 0 Å². The number of aromatic nitrogens is 2. The fourth-order valence-electron chi connectivity index (χ4n) is 2.27. The average molecular weight is 291 g/mol. The Bertz CT molecular complexity index is 692. The topological polar surface area (TPSA) is 77.8 Å². The lowest BCUT2D eigenvalue weighted by Crippen LogP contribution is -1.96. The molecule has 0 unspecified atom stereocenters. The molecule has 1 aromatic heterocycles. The Morgan fingerprint density at radius 3 is 1.45 bits per heavy atom. The molecule has 2 aromatic carbocycles. The maximum Gasteiger partial charge on any atom is 1.00 e. The Morgan fingerprint density at radius 1 is 0.682 bits per heavy atom. The number of hydrogen-bond acceptors (Lipinski definition) is 4. The summed E-state index contributed by atoms with van der Waals surface area (Å²) < 4.78 is 0. The highest BCUT2D eigenvalue weighted by Crippen LogP contribution is 2.22. The van der Waals surface area contributed by atoms with Gasteiger partial charge in [-0.25, -0.2) is 4.98 Å². The fourth-order valence-corrected chi connectivity index (χ4v) is 2.27. The Labute approximate surface area is 131 Å². The zero-order valence-electron chi connectivity index (χ0n) is 13.2. The lowest BCUT2D eigenvalue weighted by atomic mass is 10.1. The van der Waals surface area contributed by atoms with E-state index in [4.69, 9.17) is 16.5 Å². The van der Waals surface area contributed by atoms with Gasteiger partial charge < -0.3 is 11.5 Å². The minimum Gasteiger partial charge on any atom is -0.326 e. The zero-order chi connectivity index (χ0) is 15.4. The first-order valence-electron chi connectivity index (χ1n) is 7.21. The van der Waals surface area contributed by atoms with Crippen LogP contribution in [0, 0.1) is 0 Å². The predicted molar refractivity (Wildman–Crippen MR) is 89.8 cm³/mol. The molecular formula is C18H19N4+. The minimum absolute atomic E-state index is 0. The molecule has 1 heterocycles. The van der Waals surface area contributed by atoms with Crippen molar-refractivity contribution in [3.63, 3.8) is 0 Å². The second kappa shape index (κ2) is 6.47. The van der Waals surface area contributed by atoms with E-state index in [1.54, 1.807) is 12.4 Å². The number of benzene rings is 2. The Kier molecular flexibility index (Phi) is 4.23. The van der Waals surface area contributed by atoms with E-state index in [9.17, 15) is 0 Å². The highest BCUT2D eigenvalue weighted by molar-refractivity contribution is 5.65. The second-order valence-corrected chi connectivity index (χ2v) is 5.09. The molecule has 0 aliphatic heterocycles. The summed E-state index contributed by atoms with van der Waals surface area (Å²) in [6.07, 6.45) is 3.55. The Balaban J connectivity index is 0.00000192. The van der Waals surface area contributed by atoms with Gasteiger partial charge in [-0.1, -0.05) is 48.5 Å². The Morgan fingerprint density at radius 2 is 1.09 bits per heavy atom. The molecule has 3 aromatic rings. The van der Waals surface area contributed by atoms with Crippen LogP contribution in [-0.2, 0) is 13.1 Å². The van der Waals surface area contributed by atoms with Gasteiger partial charge in [0.05, 0.1) is 23.8 Å². The number of rotatable bonds is 4. The maximum atomic E-state index is 5.63. The largest absolute Gasteiger partial charge is 1.00 e. The van der Waals surface area contributed by atoms with Crippen LogP contribution in [0.4, 0.5) is 0 Å². The molecule has 0 bridgehead atoms. The van der Waals surface area contributed by atoms with E-state index in [0.717, 1.165) is 33.6 Å². The third-order valence-electron chi connectivity index (χ3n) is 3.61. The van der Waals surface area contributed by atoms with Crippen LogP contribution in [0.1, 0.15) is 12.6 Å². The van der Waals surface area contributed by atoms with Gasteiger partial charge in [0.15, 0.2) is 0 Å². The summed E-state index contributed by atoms with van der Waals surface area (Å²) in [6.45, 7) is 1.08. The molecule has 0 saturated carbocycles. The quantitative estimate of drug-likeness (QED) is 0.775. The molecule has 0 radical (unpaired) electrons. The van der Waals surface area contributed by atoms with Crippen LogP contribution in [-0.4, -0.2) is 9.97 Å². The van der Waals surface area contributed by atoms with E-state index in [-0.39, 0.29) is 1.43 Å². The van der Waals surface area contributed by atoms with Gasteiger partial charge in [-0.3, -0.25) is 4.98 Å². The molecule has 0 aliphatic rings. The van der Waals surface area contributed by atoms with E-state index < -0.39 is 0 Å². The first kappa shape index (κ1) is 14.4. The smallest absolute Gasteiger partial charge is 0.326 e. The van der Waals surface area contributed by atoms with Crippen molar-refractivity contribution in [2.24, 2.45) is 11.5 Å². The molecule has 0 aliphatic carbocycles. The van der Waals surface area contributed by atoms with E-state index in [0.29, 0.717) is 13.1 Å². The van der Waals surface area contributed by atoms with Crippen molar-refractivity contribution >= 4 is 0 Å². The van der Waals surface area contributed by atoms with Crippen molar-refractivity contribution in [1.29, 1.82) is 0 Å². The molecule has 4 N–H and O–H groups in total. The summed E-state index contributed by atoms with van der Waals surface area (Å²) in [5.74, 6) is 0. The number of hydrogen-bond donors (Lipinski definition) is 2. The van der Waals surface area contributed by atoms with Gasteiger partial charge >= 0.3 is 1.43 Å². The molecule has 0 atom stereocenters. The molecular weight excluding hydrogens is 272 g/mol. The maximum absolute atomic E-state index is 5.63. The van der Waals surface area contributed by atoms with Crippen molar-refractivity contribution in [3.05, 3.63) is 72.1 Å². The van der Waals surface area contributed by atoms with Crippen LogP contribution >= 0.6 is 0 Å². The molecule has 22 heavy (non-hydrogen) atoms. The molecule has 110 valence electrons.